The number of hydrogen-bond donors (Lipinski definition) is 1. The molecule has 2 aromatic rings. The first-order valence-electron chi connectivity index (χ1n) is 5.71. The highest BCUT2D eigenvalue weighted by Gasteiger charge is 2.34. The van der Waals surface area contributed by atoms with Crippen molar-refractivity contribution in [1.29, 1.82) is 0 Å². The number of alkyl halides is 3. The fourth-order valence-electron chi connectivity index (χ4n) is 1.90. The number of nitrogens with zero attached hydrogens (tertiary/aromatic N) is 3. The molecule has 0 atom stereocenters. The predicted molar refractivity (Wildman–Crippen MR) is 59.3 cm³/mol. The van der Waals surface area contributed by atoms with E-state index in [1.54, 1.807) is 0 Å². The van der Waals surface area contributed by atoms with Gasteiger partial charge < -0.3 is 9.72 Å². The summed E-state index contributed by atoms with van der Waals surface area (Å²) in [6.45, 7) is 0. The van der Waals surface area contributed by atoms with Crippen molar-refractivity contribution in [2.75, 3.05) is 5.32 Å². The summed E-state index contributed by atoms with van der Waals surface area (Å²) in [5, 5.41) is 3.12. The number of aromatic nitrogens is 3. The fraction of sp³-hybridized carbons (Fsp3) is 0.455. The van der Waals surface area contributed by atoms with Crippen molar-refractivity contribution >= 4 is 11.5 Å². The third kappa shape index (κ3) is 1.89. The summed E-state index contributed by atoms with van der Waals surface area (Å²) in [7, 11) is 0. The number of nitrogens with one attached hydrogen (secondary N) is 1. The van der Waals surface area contributed by atoms with E-state index in [9.17, 15) is 13.2 Å². The molecule has 1 N–H and O–H groups in total. The quantitative estimate of drug-likeness (QED) is 0.898. The van der Waals surface area contributed by atoms with E-state index in [-0.39, 0.29) is 5.65 Å². The van der Waals surface area contributed by atoms with Crippen LogP contribution < -0.4 is 5.32 Å². The molecule has 0 amide bonds. The predicted octanol–water partition coefficient (Wildman–Crippen LogP) is 2.71. The third-order valence-electron chi connectivity index (χ3n) is 3.11. The monoisotopic (exact) mass is 256 g/mol. The number of fused-ring (bicyclic) bond motifs is 1. The highest BCUT2D eigenvalue weighted by Crippen LogP contribution is 2.30. The Morgan fingerprint density at radius 3 is 2.72 bits per heavy atom. The normalized spacial score (nSPS) is 16.8. The second-order valence-corrected chi connectivity index (χ2v) is 4.40. The number of anilines is 1. The summed E-state index contributed by atoms with van der Waals surface area (Å²) >= 11 is 0. The first-order valence-corrected chi connectivity index (χ1v) is 5.71. The Balaban J connectivity index is 2.01. The van der Waals surface area contributed by atoms with E-state index in [4.69, 9.17) is 0 Å². The second-order valence-electron chi connectivity index (χ2n) is 4.40. The van der Waals surface area contributed by atoms with Gasteiger partial charge in [0.1, 0.15) is 0 Å². The van der Waals surface area contributed by atoms with E-state index < -0.39 is 11.9 Å². The van der Waals surface area contributed by atoms with Crippen LogP contribution in [-0.4, -0.2) is 20.4 Å². The molecule has 0 saturated heterocycles. The maximum absolute atomic E-state index is 12.6. The van der Waals surface area contributed by atoms with E-state index in [1.807, 2.05) is 0 Å². The van der Waals surface area contributed by atoms with Gasteiger partial charge in [-0.1, -0.05) is 0 Å². The van der Waals surface area contributed by atoms with Crippen molar-refractivity contribution in [2.45, 2.75) is 31.5 Å². The van der Waals surface area contributed by atoms with Gasteiger partial charge in [-0.2, -0.15) is 13.2 Å². The summed E-state index contributed by atoms with van der Waals surface area (Å²) in [4.78, 5) is 7.67. The molecule has 96 valence electrons. The van der Waals surface area contributed by atoms with Crippen LogP contribution in [0.1, 0.15) is 25.0 Å². The van der Waals surface area contributed by atoms with Crippen LogP contribution in [0.4, 0.5) is 19.0 Å². The maximum atomic E-state index is 12.6. The number of rotatable bonds is 2. The molecule has 0 aromatic carbocycles. The van der Waals surface area contributed by atoms with Crippen LogP contribution in [0.5, 0.6) is 0 Å². The van der Waals surface area contributed by atoms with Crippen LogP contribution in [0.2, 0.25) is 0 Å². The van der Waals surface area contributed by atoms with Crippen LogP contribution in [-0.2, 0) is 6.18 Å². The molecule has 0 bridgehead atoms. The average Bonchev–Trinajstić information content (AvgIpc) is 2.67. The Morgan fingerprint density at radius 1 is 1.33 bits per heavy atom. The van der Waals surface area contributed by atoms with E-state index in [1.165, 1.54) is 16.8 Å². The van der Waals surface area contributed by atoms with Crippen LogP contribution >= 0.6 is 0 Å². The molecule has 0 radical (unpaired) electrons. The van der Waals surface area contributed by atoms with Gasteiger partial charge in [0.2, 0.25) is 0 Å². The van der Waals surface area contributed by atoms with Crippen LogP contribution in [0, 0.1) is 0 Å². The van der Waals surface area contributed by atoms with Gasteiger partial charge in [-0.3, -0.25) is 0 Å². The van der Waals surface area contributed by atoms with E-state index in [0.717, 1.165) is 25.5 Å². The van der Waals surface area contributed by atoms with Crippen molar-refractivity contribution in [3.8, 4) is 0 Å². The zero-order valence-electron chi connectivity index (χ0n) is 9.41. The van der Waals surface area contributed by atoms with Crippen LogP contribution in [0.25, 0.3) is 5.65 Å². The summed E-state index contributed by atoms with van der Waals surface area (Å²) in [6, 6.07) is 0.301. The standard InChI is InChI=1S/C11H11F3N4/c12-11(13,14)8-6-18-5-4-15-9(10(18)17-8)16-7-2-1-3-7/h4-7H,1-3H2,(H,15,16). The lowest BCUT2D eigenvalue weighted by Gasteiger charge is -2.26. The lowest BCUT2D eigenvalue weighted by Crippen LogP contribution is -2.27. The number of hydrogen-bond acceptors (Lipinski definition) is 3. The van der Waals surface area contributed by atoms with Gasteiger partial charge in [-0.15, -0.1) is 0 Å². The molecule has 3 rings (SSSR count). The van der Waals surface area contributed by atoms with E-state index in [0.29, 0.717) is 11.9 Å². The smallest absolute Gasteiger partial charge is 0.364 e. The van der Waals surface area contributed by atoms with E-state index >= 15 is 0 Å². The van der Waals surface area contributed by atoms with Gasteiger partial charge in [0.25, 0.3) is 0 Å². The molecular formula is C11H11F3N4. The zero-order chi connectivity index (χ0) is 12.8. The van der Waals surface area contributed by atoms with Gasteiger partial charge in [0.05, 0.1) is 0 Å². The van der Waals surface area contributed by atoms with Crippen molar-refractivity contribution in [3.05, 3.63) is 24.3 Å². The Bertz CT molecular complexity index is 571. The highest BCUT2D eigenvalue weighted by atomic mass is 19.4. The summed E-state index contributed by atoms with van der Waals surface area (Å²) < 4.78 is 39.1. The minimum Gasteiger partial charge on any atom is -0.364 e. The lowest BCUT2D eigenvalue weighted by molar-refractivity contribution is -0.140. The number of halogens is 3. The SMILES string of the molecule is FC(F)(F)c1cn2ccnc(NC3CCC3)c2n1. The lowest BCUT2D eigenvalue weighted by atomic mass is 9.93. The number of imidazole rings is 1. The summed E-state index contributed by atoms with van der Waals surface area (Å²) in [6.07, 6.45) is 2.66. The Hall–Kier alpha value is -1.79. The minimum absolute atomic E-state index is 0.219. The molecule has 18 heavy (non-hydrogen) atoms. The van der Waals surface area contributed by atoms with Crippen LogP contribution in [0.3, 0.4) is 0 Å². The van der Waals surface area contributed by atoms with Crippen molar-refractivity contribution in [3.63, 3.8) is 0 Å². The van der Waals surface area contributed by atoms with Gasteiger partial charge in [-0.05, 0) is 19.3 Å². The molecule has 4 nitrogen and oxygen atoms in total. The maximum Gasteiger partial charge on any atom is 0.434 e. The first kappa shape index (κ1) is 11.3. The molecule has 2 aromatic heterocycles. The molecule has 2 heterocycles. The van der Waals surface area contributed by atoms with Gasteiger partial charge in [0, 0.05) is 24.6 Å². The topological polar surface area (TPSA) is 42.2 Å². The van der Waals surface area contributed by atoms with Gasteiger partial charge >= 0.3 is 6.18 Å². The molecule has 1 fully saturated rings. The fourth-order valence-corrected chi connectivity index (χ4v) is 1.90. The minimum atomic E-state index is -4.43. The highest BCUT2D eigenvalue weighted by molar-refractivity contribution is 5.63. The molecular weight excluding hydrogens is 245 g/mol. The molecule has 1 aliphatic rings. The molecule has 0 aliphatic heterocycles. The van der Waals surface area contributed by atoms with E-state index in [2.05, 4.69) is 15.3 Å². The average molecular weight is 256 g/mol. The Labute approximate surface area is 101 Å². The molecule has 7 heteroatoms. The zero-order valence-corrected chi connectivity index (χ0v) is 9.41. The summed E-state index contributed by atoms with van der Waals surface area (Å²) in [5.41, 5.74) is -0.677. The van der Waals surface area contributed by atoms with Crippen LogP contribution in [0.15, 0.2) is 18.6 Å². The largest absolute Gasteiger partial charge is 0.434 e. The Morgan fingerprint density at radius 2 is 2.11 bits per heavy atom. The summed E-state index contributed by atoms with van der Waals surface area (Å²) in [5.74, 6) is 0.415. The second kappa shape index (κ2) is 3.86. The molecule has 0 spiro atoms. The van der Waals surface area contributed by atoms with Crippen molar-refractivity contribution < 1.29 is 13.2 Å². The molecule has 0 unspecified atom stereocenters. The first-order chi connectivity index (χ1) is 8.54. The molecule has 1 aliphatic carbocycles. The van der Waals surface area contributed by atoms with Gasteiger partial charge in [-0.25, -0.2) is 9.97 Å². The van der Waals surface area contributed by atoms with Crippen molar-refractivity contribution in [1.82, 2.24) is 14.4 Å². The van der Waals surface area contributed by atoms with Crippen molar-refractivity contribution in [2.24, 2.45) is 0 Å². The molecule has 1 saturated carbocycles. The Kier molecular flexibility index (Phi) is 2.42. The van der Waals surface area contributed by atoms with Gasteiger partial charge in [0.15, 0.2) is 17.2 Å². The third-order valence-corrected chi connectivity index (χ3v) is 3.11.